The van der Waals surface area contributed by atoms with Crippen molar-refractivity contribution in [2.45, 2.75) is 0 Å². The number of hydrogen-bond acceptors (Lipinski definition) is 7. The fourth-order valence-electron chi connectivity index (χ4n) is 2.34. The molecule has 0 aliphatic heterocycles. The lowest BCUT2D eigenvalue weighted by Gasteiger charge is -2.04. The van der Waals surface area contributed by atoms with E-state index in [2.05, 4.69) is 10.1 Å². The Morgan fingerprint density at radius 1 is 1.21 bits per heavy atom. The molecule has 7 heteroatoms. The summed E-state index contributed by atoms with van der Waals surface area (Å²) in [6.07, 6.45) is 1.60. The van der Waals surface area contributed by atoms with Crippen molar-refractivity contribution in [3.8, 4) is 17.1 Å². The van der Waals surface area contributed by atoms with Crippen molar-refractivity contribution in [3.63, 3.8) is 0 Å². The zero-order chi connectivity index (χ0) is 16.5. The molecule has 4 aromatic rings. The van der Waals surface area contributed by atoms with E-state index in [0.717, 1.165) is 10.1 Å². The molecule has 0 amide bonds. The molecular weight excluding hydrogens is 326 g/mol. The zero-order valence-electron chi connectivity index (χ0n) is 12.3. The van der Waals surface area contributed by atoms with Crippen LogP contribution in [0.3, 0.4) is 0 Å². The summed E-state index contributed by atoms with van der Waals surface area (Å²) in [5, 5.41) is 6.82. The van der Waals surface area contributed by atoms with Gasteiger partial charge >= 0.3 is 5.97 Å². The maximum atomic E-state index is 12.5. The minimum atomic E-state index is -0.635. The summed E-state index contributed by atoms with van der Waals surface area (Å²) in [4.78, 5) is 16.7. The number of pyridine rings is 1. The highest BCUT2D eigenvalue weighted by molar-refractivity contribution is 7.17. The largest absolute Gasteiger partial charge is 0.423 e. The van der Waals surface area contributed by atoms with Gasteiger partial charge in [-0.05, 0) is 47.2 Å². The highest BCUT2D eigenvalue weighted by Crippen LogP contribution is 2.29. The van der Waals surface area contributed by atoms with E-state index >= 15 is 0 Å². The third-order valence-corrected chi connectivity index (χ3v) is 4.36. The number of rotatable bonds is 3. The van der Waals surface area contributed by atoms with Gasteiger partial charge in [-0.15, -0.1) is 11.3 Å². The van der Waals surface area contributed by atoms with Crippen LogP contribution in [0.1, 0.15) is 10.4 Å². The maximum absolute atomic E-state index is 12.5. The molecule has 0 aliphatic carbocycles. The Balaban J connectivity index is 1.68. The molecule has 3 aromatic heterocycles. The van der Waals surface area contributed by atoms with Crippen molar-refractivity contribution in [2.75, 3.05) is 5.73 Å². The van der Waals surface area contributed by atoms with E-state index in [1.165, 1.54) is 0 Å². The predicted octanol–water partition coefficient (Wildman–Crippen LogP) is 3.75. The van der Waals surface area contributed by atoms with Crippen LogP contribution in [0.4, 0.5) is 5.88 Å². The monoisotopic (exact) mass is 337 g/mol. The predicted molar refractivity (Wildman–Crippen MR) is 90.9 cm³/mol. The third kappa shape index (κ3) is 2.50. The number of thiophene rings is 1. The molecule has 6 nitrogen and oxygen atoms in total. The molecule has 24 heavy (non-hydrogen) atoms. The lowest BCUT2D eigenvalue weighted by molar-refractivity contribution is 0.0736. The first-order valence-electron chi connectivity index (χ1n) is 7.08. The number of nitrogens with two attached hydrogens (primary N) is 1. The second-order valence-corrected chi connectivity index (χ2v) is 5.94. The Morgan fingerprint density at radius 3 is 2.96 bits per heavy atom. The van der Waals surface area contributed by atoms with Gasteiger partial charge in [0, 0.05) is 10.9 Å². The number of nitrogens with zero attached hydrogens (tertiary/aromatic N) is 2. The highest BCUT2D eigenvalue weighted by atomic mass is 32.1. The maximum Gasteiger partial charge on any atom is 0.351 e. The average Bonchev–Trinajstić information content (AvgIpc) is 3.21. The van der Waals surface area contributed by atoms with Gasteiger partial charge in [0.25, 0.3) is 0 Å². The molecule has 0 saturated carbocycles. The summed E-state index contributed by atoms with van der Waals surface area (Å²) in [6.45, 7) is 0. The molecule has 0 atom stereocenters. The molecule has 0 radical (unpaired) electrons. The molecule has 0 saturated heterocycles. The van der Waals surface area contributed by atoms with E-state index in [-0.39, 0.29) is 17.1 Å². The van der Waals surface area contributed by atoms with Crippen molar-refractivity contribution < 1.29 is 14.1 Å². The standard InChI is InChI=1S/C17H11N3O3S/c18-16-14(15(20-23-16)12-3-1-2-7-19-12)17(21)22-11-4-5-13-10(9-11)6-8-24-13/h1-9H,18H2. The van der Waals surface area contributed by atoms with E-state index in [4.69, 9.17) is 15.0 Å². The van der Waals surface area contributed by atoms with Gasteiger partial charge in [0.05, 0.1) is 5.69 Å². The van der Waals surface area contributed by atoms with Crippen molar-refractivity contribution in [1.82, 2.24) is 10.1 Å². The average molecular weight is 337 g/mol. The molecule has 0 aliphatic rings. The lowest BCUT2D eigenvalue weighted by Crippen LogP contribution is -2.11. The molecule has 0 bridgehead atoms. The number of carbonyl (C=O) groups is 1. The first-order chi connectivity index (χ1) is 11.7. The summed E-state index contributed by atoms with van der Waals surface area (Å²) < 4.78 is 11.5. The van der Waals surface area contributed by atoms with Crippen LogP contribution >= 0.6 is 11.3 Å². The highest BCUT2D eigenvalue weighted by Gasteiger charge is 2.25. The first-order valence-corrected chi connectivity index (χ1v) is 7.96. The van der Waals surface area contributed by atoms with Gasteiger partial charge < -0.3 is 15.0 Å². The van der Waals surface area contributed by atoms with Gasteiger partial charge in [0.2, 0.25) is 5.88 Å². The fourth-order valence-corrected chi connectivity index (χ4v) is 3.11. The number of fused-ring (bicyclic) bond motifs is 1. The quantitative estimate of drug-likeness (QED) is 0.452. The van der Waals surface area contributed by atoms with Crippen molar-refractivity contribution in [2.24, 2.45) is 0 Å². The fraction of sp³-hybridized carbons (Fsp3) is 0. The Bertz CT molecular complexity index is 1020. The summed E-state index contributed by atoms with van der Waals surface area (Å²) >= 11 is 1.62. The second kappa shape index (κ2) is 5.78. The SMILES string of the molecule is Nc1onc(-c2ccccn2)c1C(=O)Oc1ccc2sccc2c1. The van der Waals surface area contributed by atoms with Crippen LogP contribution in [0.15, 0.2) is 58.6 Å². The van der Waals surface area contributed by atoms with Crippen LogP contribution in [-0.4, -0.2) is 16.1 Å². The second-order valence-electron chi connectivity index (χ2n) is 5.00. The Kier molecular flexibility index (Phi) is 3.47. The summed E-state index contributed by atoms with van der Waals surface area (Å²) in [7, 11) is 0. The van der Waals surface area contributed by atoms with Crippen molar-refractivity contribution in [3.05, 3.63) is 59.6 Å². The molecule has 0 unspecified atom stereocenters. The zero-order valence-corrected chi connectivity index (χ0v) is 13.1. The molecule has 3 heterocycles. The van der Waals surface area contributed by atoms with Gasteiger partial charge in [-0.1, -0.05) is 11.2 Å². The number of ether oxygens (including phenoxy) is 1. The third-order valence-electron chi connectivity index (χ3n) is 3.46. The molecule has 4 rings (SSSR count). The van der Waals surface area contributed by atoms with Crippen LogP contribution < -0.4 is 10.5 Å². The molecule has 0 spiro atoms. The van der Waals surface area contributed by atoms with Gasteiger partial charge in [0.15, 0.2) is 5.56 Å². The smallest absolute Gasteiger partial charge is 0.351 e. The molecule has 2 N–H and O–H groups in total. The normalized spacial score (nSPS) is 10.8. The topological polar surface area (TPSA) is 91.2 Å². The van der Waals surface area contributed by atoms with E-state index in [9.17, 15) is 4.79 Å². The van der Waals surface area contributed by atoms with E-state index in [1.54, 1.807) is 47.9 Å². The number of aromatic nitrogens is 2. The van der Waals surface area contributed by atoms with Crippen molar-refractivity contribution >= 4 is 33.3 Å². The molecule has 0 fully saturated rings. The van der Waals surface area contributed by atoms with Gasteiger partial charge in [-0.25, -0.2) is 4.79 Å². The van der Waals surface area contributed by atoms with Gasteiger partial charge in [0.1, 0.15) is 11.4 Å². The number of carbonyl (C=O) groups excluding carboxylic acids is 1. The summed E-state index contributed by atoms with van der Waals surface area (Å²) in [5.74, 6) is -0.306. The minimum absolute atomic E-state index is 0.0686. The van der Waals surface area contributed by atoms with Gasteiger partial charge in [-0.2, -0.15) is 0 Å². The summed E-state index contributed by atoms with van der Waals surface area (Å²) in [6, 6.07) is 12.7. The number of esters is 1. The number of anilines is 1. The number of hydrogen-bond donors (Lipinski definition) is 1. The van der Waals surface area contributed by atoms with Crippen LogP contribution in [0.5, 0.6) is 5.75 Å². The van der Waals surface area contributed by atoms with Crippen molar-refractivity contribution in [1.29, 1.82) is 0 Å². The van der Waals surface area contributed by atoms with E-state index in [1.807, 2.05) is 17.5 Å². The Hall–Kier alpha value is -3.19. The van der Waals surface area contributed by atoms with Crippen LogP contribution in [0.2, 0.25) is 0 Å². The number of nitrogen functional groups attached to an aromatic ring is 1. The Morgan fingerprint density at radius 2 is 2.12 bits per heavy atom. The minimum Gasteiger partial charge on any atom is -0.423 e. The lowest BCUT2D eigenvalue weighted by atomic mass is 10.1. The molecule has 118 valence electrons. The Labute approximate surface area is 140 Å². The van der Waals surface area contributed by atoms with Gasteiger partial charge in [-0.3, -0.25) is 4.98 Å². The number of benzene rings is 1. The van der Waals surface area contributed by atoms with E-state index < -0.39 is 5.97 Å². The van der Waals surface area contributed by atoms with Crippen LogP contribution in [-0.2, 0) is 0 Å². The molecule has 1 aromatic carbocycles. The summed E-state index contributed by atoms with van der Waals surface area (Å²) in [5.41, 5.74) is 6.56. The van der Waals surface area contributed by atoms with Crippen LogP contribution in [0.25, 0.3) is 21.5 Å². The van der Waals surface area contributed by atoms with E-state index in [0.29, 0.717) is 11.4 Å². The van der Waals surface area contributed by atoms with Crippen LogP contribution in [0, 0.1) is 0 Å². The first kappa shape index (κ1) is 14.4. The molecular formula is C17H11N3O3S.